The van der Waals surface area contributed by atoms with Gasteiger partial charge >= 0.3 is 0 Å². The molecule has 5 heteroatoms. The van der Waals surface area contributed by atoms with Crippen molar-refractivity contribution in [3.63, 3.8) is 0 Å². The molecule has 1 amide bonds. The Morgan fingerprint density at radius 2 is 1.79 bits per heavy atom. The summed E-state index contributed by atoms with van der Waals surface area (Å²) < 4.78 is 2.12. The monoisotopic (exact) mass is 389 g/mol. The summed E-state index contributed by atoms with van der Waals surface area (Å²) in [5.41, 5.74) is 11.3. The molecule has 1 fully saturated rings. The Kier molecular flexibility index (Phi) is 5.41. The molecule has 1 aromatic heterocycles. The fourth-order valence-electron chi connectivity index (χ4n) is 4.02. The normalized spacial score (nSPS) is 19.1. The van der Waals surface area contributed by atoms with Crippen LogP contribution in [0.4, 0.5) is 5.69 Å². The molecule has 0 saturated heterocycles. The van der Waals surface area contributed by atoms with Crippen LogP contribution in [0.15, 0.2) is 60.8 Å². The molecule has 0 spiro atoms. The predicted octanol–water partition coefficient (Wildman–Crippen LogP) is 4.27. The highest BCUT2D eigenvalue weighted by atomic mass is 16.3. The number of anilines is 1. The Morgan fingerprint density at radius 3 is 2.48 bits per heavy atom. The number of aliphatic hydroxyl groups excluding tert-OH is 1. The van der Waals surface area contributed by atoms with Crippen molar-refractivity contribution in [2.45, 2.75) is 44.8 Å². The number of carbonyl (C=O) groups excluding carboxylic acids is 1. The summed E-state index contributed by atoms with van der Waals surface area (Å²) in [6.45, 7) is 2.08. The number of aliphatic hydroxyl groups is 1. The zero-order valence-corrected chi connectivity index (χ0v) is 16.6. The molecule has 1 saturated carbocycles. The van der Waals surface area contributed by atoms with Crippen LogP contribution in [0.25, 0.3) is 16.9 Å². The van der Waals surface area contributed by atoms with Gasteiger partial charge in [0.15, 0.2) is 0 Å². The predicted molar refractivity (Wildman–Crippen MR) is 116 cm³/mol. The number of nitrogens with two attached hydrogens (primary N) is 1. The number of aromatic nitrogens is 1. The zero-order valence-electron chi connectivity index (χ0n) is 16.6. The maximum absolute atomic E-state index is 12.0. The van der Waals surface area contributed by atoms with Crippen LogP contribution in [0.1, 0.15) is 41.6 Å². The van der Waals surface area contributed by atoms with Gasteiger partial charge in [-0.3, -0.25) is 4.79 Å². The van der Waals surface area contributed by atoms with Crippen LogP contribution in [0.5, 0.6) is 0 Å². The summed E-state index contributed by atoms with van der Waals surface area (Å²) in [5.74, 6) is -0.443. The summed E-state index contributed by atoms with van der Waals surface area (Å²) >= 11 is 0. The summed E-state index contributed by atoms with van der Waals surface area (Å²) in [6, 6.07) is 18.5. The van der Waals surface area contributed by atoms with Crippen LogP contribution in [0, 0.1) is 6.92 Å². The van der Waals surface area contributed by atoms with Crippen LogP contribution in [-0.4, -0.2) is 27.7 Å². The Bertz CT molecular complexity index is 999. The van der Waals surface area contributed by atoms with Crippen molar-refractivity contribution >= 4 is 11.6 Å². The van der Waals surface area contributed by atoms with Crippen LogP contribution < -0.4 is 11.1 Å². The van der Waals surface area contributed by atoms with E-state index in [0.29, 0.717) is 5.56 Å². The molecule has 0 bridgehead atoms. The average Bonchev–Trinajstić information content (AvgIpc) is 3.20. The summed E-state index contributed by atoms with van der Waals surface area (Å²) in [7, 11) is 0. The minimum atomic E-state index is -0.443. The molecular formula is C24H27N3O2. The molecule has 29 heavy (non-hydrogen) atoms. The van der Waals surface area contributed by atoms with Crippen molar-refractivity contribution in [1.82, 2.24) is 4.57 Å². The Labute approximate surface area is 171 Å². The maximum atomic E-state index is 12.0. The molecule has 1 heterocycles. The van der Waals surface area contributed by atoms with Gasteiger partial charge in [-0.1, -0.05) is 29.8 Å². The Balaban J connectivity index is 1.68. The van der Waals surface area contributed by atoms with Crippen LogP contribution in [0.3, 0.4) is 0 Å². The molecule has 5 nitrogen and oxygen atoms in total. The van der Waals surface area contributed by atoms with E-state index < -0.39 is 5.91 Å². The number of primary amides is 1. The standard InChI is InChI=1S/C24H27N3O2/c1-16-4-6-17(7-5-16)23-3-2-14-27(23)19-10-13-21(24(25)29)22(15-19)26-18-8-11-20(28)12-9-18/h2-7,10,13-15,18,20,26,28H,8-9,11-12H2,1H3,(H2,25,29)/t18-,20-. The molecule has 1 aliphatic rings. The van der Waals surface area contributed by atoms with Gasteiger partial charge in [0, 0.05) is 23.6 Å². The molecule has 2 aromatic carbocycles. The highest BCUT2D eigenvalue weighted by Gasteiger charge is 2.21. The summed E-state index contributed by atoms with van der Waals surface area (Å²) in [4.78, 5) is 12.0. The first-order valence-electron chi connectivity index (χ1n) is 10.1. The minimum absolute atomic E-state index is 0.216. The smallest absolute Gasteiger partial charge is 0.250 e. The van der Waals surface area contributed by atoms with Gasteiger partial charge in [0.25, 0.3) is 5.91 Å². The molecule has 0 unspecified atom stereocenters. The fourth-order valence-corrected chi connectivity index (χ4v) is 4.02. The lowest BCUT2D eigenvalue weighted by Gasteiger charge is -2.28. The van der Waals surface area contributed by atoms with E-state index >= 15 is 0 Å². The quantitative estimate of drug-likeness (QED) is 0.610. The van der Waals surface area contributed by atoms with Gasteiger partial charge in [-0.15, -0.1) is 0 Å². The number of rotatable bonds is 5. The van der Waals surface area contributed by atoms with E-state index in [1.165, 1.54) is 5.56 Å². The number of amides is 1. The number of aryl methyl sites for hydroxylation is 1. The minimum Gasteiger partial charge on any atom is -0.393 e. The van der Waals surface area contributed by atoms with Gasteiger partial charge in [-0.2, -0.15) is 0 Å². The largest absolute Gasteiger partial charge is 0.393 e. The fraction of sp³-hybridized carbons (Fsp3) is 0.292. The second-order valence-corrected chi connectivity index (χ2v) is 7.87. The number of nitrogens with zero attached hydrogens (tertiary/aromatic N) is 1. The Hall–Kier alpha value is -3.05. The van der Waals surface area contributed by atoms with Gasteiger partial charge in [0.05, 0.1) is 17.4 Å². The van der Waals surface area contributed by atoms with Gasteiger partial charge in [-0.25, -0.2) is 0 Å². The molecule has 0 aliphatic heterocycles. The van der Waals surface area contributed by atoms with Gasteiger partial charge in [0.1, 0.15) is 0 Å². The van der Waals surface area contributed by atoms with Crippen LogP contribution >= 0.6 is 0 Å². The maximum Gasteiger partial charge on any atom is 0.250 e. The second kappa shape index (κ2) is 8.13. The van der Waals surface area contributed by atoms with E-state index in [9.17, 15) is 9.90 Å². The van der Waals surface area contributed by atoms with Gasteiger partial charge in [0.2, 0.25) is 0 Å². The number of benzene rings is 2. The molecular weight excluding hydrogens is 362 g/mol. The molecule has 4 rings (SSSR count). The number of nitrogens with one attached hydrogen (secondary N) is 1. The van der Waals surface area contributed by atoms with E-state index in [-0.39, 0.29) is 12.1 Å². The topological polar surface area (TPSA) is 80.3 Å². The number of hydrogen-bond acceptors (Lipinski definition) is 3. The third kappa shape index (κ3) is 4.20. The first-order valence-corrected chi connectivity index (χ1v) is 10.1. The van der Waals surface area contributed by atoms with Crippen molar-refractivity contribution in [2.75, 3.05) is 5.32 Å². The average molecular weight is 389 g/mol. The molecule has 0 radical (unpaired) electrons. The van der Waals surface area contributed by atoms with Crippen molar-refractivity contribution in [3.8, 4) is 16.9 Å². The number of hydrogen-bond donors (Lipinski definition) is 3. The number of carbonyl (C=O) groups is 1. The SMILES string of the molecule is Cc1ccc(-c2cccn2-c2ccc(C(N)=O)c(N[C@H]3CC[C@H](O)CC3)c2)cc1. The van der Waals surface area contributed by atoms with Gasteiger partial charge < -0.3 is 20.7 Å². The molecule has 0 atom stereocenters. The van der Waals surface area contributed by atoms with E-state index in [1.54, 1.807) is 6.07 Å². The van der Waals surface area contributed by atoms with E-state index in [1.807, 2.05) is 24.4 Å². The first-order chi connectivity index (χ1) is 14.0. The molecule has 4 N–H and O–H groups in total. The Morgan fingerprint density at radius 1 is 1.07 bits per heavy atom. The van der Waals surface area contributed by atoms with E-state index in [2.05, 4.69) is 47.1 Å². The molecule has 150 valence electrons. The highest BCUT2D eigenvalue weighted by Crippen LogP contribution is 2.29. The lowest BCUT2D eigenvalue weighted by atomic mass is 9.92. The van der Waals surface area contributed by atoms with Crippen molar-refractivity contribution in [3.05, 3.63) is 71.9 Å². The molecule has 3 aromatic rings. The van der Waals surface area contributed by atoms with Crippen molar-refractivity contribution in [1.29, 1.82) is 0 Å². The lowest BCUT2D eigenvalue weighted by molar-refractivity contribution is 0.100. The van der Waals surface area contributed by atoms with Crippen molar-refractivity contribution < 1.29 is 9.90 Å². The summed E-state index contributed by atoms with van der Waals surface area (Å²) in [5, 5.41) is 13.3. The highest BCUT2D eigenvalue weighted by molar-refractivity contribution is 5.99. The van der Waals surface area contributed by atoms with Gasteiger partial charge in [-0.05, 0) is 68.5 Å². The lowest BCUT2D eigenvalue weighted by Crippen LogP contribution is -2.29. The first kappa shape index (κ1) is 19.3. The molecule has 1 aliphatic carbocycles. The van der Waals surface area contributed by atoms with E-state index in [4.69, 9.17) is 5.73 Å². The summed E-state index contributed by atoms with van der Waals surface area (Å²) in [6.07, 6.45) is 5.11. The van der Waals surface area contributed by atoms with E-state index in [0.717, 1.165) is 48.3 Å². The van der Waals surface area contributed by atoms with Crippen LogP contribution in [0.2, 0.25) is 0 Å². The third-order valence-electron chi connectivity index (χ3n) is 5.70. The second-order valence-electron chi connectivity index (χ2n) is 7.87. The third-order valence-corrected chi connectivity index (χ3v) is 5.70. The van der Waals surface area contributed by atoms with Crippen LogP contribution in [-0.2, 0) is 0 Å². The van der Waals surface area contributed by atoms with Crippen molar-refractivity contribution in [2.24, 2.45) is 5.73 Å². The zero-order chi connectivity index (χ0) is 20.4.